The Morgan fingerprint density at radius 1 is 1.25 bits per heavy atom. The third-order valence-electron chi connectivity index (χ3n) is 3.91. The van der Waals surface area contributed by atoms with Crippen molar-refractivity contribution in [2.75, 3.05) is 11.4 Å². The second kappa shape index (κ2) is 6.00. The molecule has 4 nitrogen and oxygen atoms in total. The zero-order valence-electron chi connectivity index (χ0n) is 12.6. The van der Waals surface area contributed by atoms with Crippen molar-refractivity contribution in [3.8, 4) is 0 Å². The molecule has 6 heteroatoms. The molecule has 0 unspecified atom stereocenters. The van der Waals surface area contributed by atoms with Crippen LogP contribution < -0.4 is 4.90 Å². The third kappa shape index (κ3) is 2.70. The summed E-state index contributed by atoms with van der Waals surface area (Å²) in [5.74, 6) is -0.824. The summed E-state index contributed by atoms with van der Waals surface area (Å²) in [6.07, 6.45) is 2.12. The van der Waals surface area contributed by atoms with Gasteiger partial charge in [0.05, 0.1) is 24.4 Å². The van der Waals surface area contributed by atoms with E-state index in [1.165, 1.54) is 0 Å². The van der Waals surface area contributed by atoms with Gasteiger partial charge in [-0.1, -0.05) is 29.8 Å². The lowest BCUT2D eigenvalue weighted by Crippen LogP contribution is -2.26. The van der Waals surface area contributed by atoms with Crippen molar-refractivity contribution < 1.29 is 9.90 Å². The Balaban J connectivity index is 1.73. The van der Waals surface area contributed by atoms with Gasteiger partial charge in [-0.05, 0) is 53.2 Å². The smallest absolute Gasteiger partial charge is 0.307 e. The molecule has 24 heavy (non-hydrogen) atoms. The third-order valence-corrected chi connectivity index (χ3v) is 5.20. The number of amidine groups is 1. The van der Waals surface area contributed by atoms with Crippen LogP contribution >= 0.6 is 23.4 Å². The van der Waals surface area contributed by atoms with Gasteiger partial charge >= 0.3 is 5.97 Å². The quantitative estimate of drug-likeness (QED) is 0.891. The average molecular weight is 357 g/mol. The molecule has 2 aliphatic heterocycles. The van der Waals surface area contributed by atoms with E-state index in [0.717, 1.165) is 32.6 Å². The van der Waals surface area contributed by atoms with E-state index >= 15 is 0 Å². The van der Waals surface area contributed by atoms with Crippen LogP contribution in [0.15, 0.2) is 58.4 Å². The van der Waals surface area contributed by atoms with Gasteiger partial charge in [-0.25, -0.2) is 0 Å². The number of carboxylic acid groups (broad SMARTS) is 1. The first-order chi connectivity index (χ1) is 11.6. The predicted octanol–water partition coefficient (Wildman–Crippen LogP) is 4.29. The summed E-state index contributed by atoms with van der Waals surface area (Å²) in [6, 6.07) is 13.5. The molecule has 0 aromatic heterocycles. The number of thioether (sulfide) groups is 1. The van der Waals surface area contributed by atoms with Crippen LogP contribution in [0.1, 0.15) is 11.1 Å². The maximum atomic E-state index is 10.9. The van der Waals surface area contributed by atoms with Gasteiger partial charge < -0.3 is 5.11 Å². The molecule has 1 N–H and O–H groups in total. The Morgan fingerprint density at radius 3 is 2.79 bits per heavy atom. The molecule has 0 fully saturated rings. The van der Waals surface area contributed by atoms with E-state index in [0.29, 0.717) is 11.6 Å². The second-order valence-electron chi connectivity index (χ2n) is 5.53. The molecule has 0 saturated heterocycles. The van der Waals surface area contributed by atoms with Gasteiger partial charge in [-0.3, -0.25) is 14.7 Å². The van der Waals surface area contributed by atoms with Gasteiger partial charge in [0, 0.05) is 9.92 Å². The molecular weight excluding hydrogens is 344 g/mol. The molecule has 0 amide bonds. The number of benzene rings is 2. The number of hydrogen-bond acceptors (Lipinski definition) is 4. The number of nitrogens with zero attached hydrogens (tertiary/aromatic N) is 2. The van der Waals surface area contributed by atoms with Crippen molar-refractivity contribution in [2.45, 2.75) is 11.3 Å². The van der Waals surface area contributed by atoms with Crippen LogP contribution in [0.2, 0.25) is 5.02 Å². The largest absolute Gasteiger partial charge is 0.481 e. The number of aliphatic carboxylic acids is 1. The van der Waals surface area contributed by atoms with Crippen LogP contribution in [0.3, 0.4) is 0 Å². The van der Waals surface area contributed by atoms with Gasteiger partial charge in [0.1, 0.15) is 0 Å². The number of rotatable bonds is 3. The summed E-state index contributed by atoms with van der Waals surface area (Å²) in [5.41, 5.74) is 3.99. The monoisotopic (exact) mass is 356 g/mol. The lowest BCUT2D eigenvalue weighted by Gasteiger charge is -2.26. The van der Waals surface area contributed by atoms with Gasteiger partial charge in [0.2, 0.25) is 0 Å². The minimum atomic E-state index is -0.824. The molecule has 2 heterocycles. The zero-order chi connectivity index (χ0) is 16.7. The summed E-state index contributed by atoms with van der Waals surface area (Å²) in [4.78, 5) is 18.7. The van der Waals surface area contributed by atoms with E-state index in [4.69, 9.17) is 16.7 Å². The molecular formula is C18H13ClN2O2S. The fraction of sp³-hybridized carbons (Fsp3) is 0.111. The normalized spacial score (nSPS) is 15.5. The van der Waals surface area contributed by atoms with E-state index in [-0.39, 0.29) is 6.42 Å². The minimum Gasteiger partial charge on any atom is -0.481 e. The molecule has 0 aliphatic carbocycles. The maximum absolute atomic E-state index is 10.9. The standard InChI is InChI=1S/C18H13ClN2O2S/c19-13-4-2-12(3-5-13)14-7-8-20-18-21(14)15-6-1-11(10-17(22)23)9-16(15)24-18/h1-7,9H,8,10H2,(H,22,23). The number of carbonyl (C=O) groups is 1. The van der Waals surface area contributed by atoms with Crippen LogP contribution in [-0.4, -0.2) is 22.8 Å². The lowest BCUT2D eigenvalue weighted by atomic mass is 10.1. The number of halogens is 1. The maximum Gasteiger partial charge on any atom is 0.307 e. The van der Waals surface area contributed by atoms with E-state index < -0.39 is 5.97 Å². The highest BCUT2D eigenvalue weighted by Gasteiger charge is 2.31. The molecule has 0 spiro atoms. The molecule has 4 rings (SSSR count). The summed E-state index contributed by atoms with van der Waals surface area (Å²) in [6.45, 7) is 0.632. The first-order valence-electron chi connectivity index (χ1n) is 7.45. The van der Waals surface area contributed by atoms with Crippen molar-refractivity contribution in [3.63, 3.8) is 0 Å². The molecule has 0 radical (unpaired) electrons. The van der Waals surface area contributed by atoms with Crippen molar-refractivity contribution in [1.82, 2.24) is 0 Å². The van der Waals surface area contributed by atoms with E-state index in [1.807, 2.05) is 42.5 Å². The van der Waals surface area contributed by atoms with Crippen LogP contribution in [0, 0.1) is 0 Å². The van der Waals surface area contributed by atoms with Gasteiger partial charge in [-0.2, -0.15) is 0 Å². The average Bonchev–Trinajstić information content (AvgIpc) is 2.92. The molecule has 2 aliphatic rings. The van der Waals surface area contributed by atoms with Crippen molar-refractivity contribution >= 4 is 45.9 Å². The van der Waals surface area contributed by atoms with Crippen LogP contribution in [0.4, 0.5) is 5.69 Å². The molecule has 2 aromatic rings. The van der Waals surface area contributed by atoms with Crippen molar-refractivity contribution in [2.24, 2.45) is 4.99 Å². The molecule has 0 atom stereocenters. The van der Waals surface area contributed by atoms with E-state index in [9.17, 15) is 4.79 Å². The van der Waals surface area contributed by atoms with Crippen molar-refractivity contribution in [3.05, 3.63) is 64.7 Å². The first-order valence-corrected chi connectivity index (χ1v) is 8.64. The number of fused-ring (bicyclic) bond motifs is 3. The highest BCUT2D eigenvalue weighted by atomic mass is 35.5. The van der Waals surface area contributed by atoms with E-state index in [2.05, 4.69) is 16.0 Å². The van der Waals surface area contributed by atoms with Crippen molar-refractivity contribution in [1.29, 1.82) is 0 Å². The molecule has 0 bridgehead atoms. The fourth-order valence-electron chi connectivity index (χ4n) is 2.86. The Kier molecular flexibility index (Phi) is 3.82. The van der Waals surface area contributed by atoms with Gasteiger partial charge in [-0.15, -0.1) is 0 Å². The Bertz CT molecular complexity index is 890. The van der Waals surface area contributed by atoms with Crippen LogP contribution in [0.25, 0.3) is 5.70 Å². The minimum absolute atomic E-state index is 0.0280. The number of carboxylic acids is 1. The molecule has 0 saturated carbocycles. The topological polar surface area (TPSA) is 52.9 Å². The molecule has 2 aromatic carbocycles. The zero-order valence-corrected chi connectivity index (χ0v) is 14.1. The first kappa shape index (κ1) is 15.3. The van der Waals surface area contributed by atoms with Crippen LogP contribution in [0.5, 0.6) is 0 Å². The Morgan fingerprint density at radius 2 is 2.04 bits per heavy atom. The van der Waals surface area contributed by atoms with Gasteiger partial charge in [0.25, 0.3) is 0 Å². The second-order valence-corrected chi connectivity index (χ2v) is 6.98. The lowest BCUT2D eigenvalue weighted by molar-refractivity contribution is -0.136. The highest BCUT2D eigenvalue weighted by Crippen LogP contribution is 2.46. The SMILES string of the molecule is O=C(O)Cc1ccc2c(c1)SC1=NCC=C(c3ccc(Cl)cc3)N12. The Hall–Kier alpha value is -2.24. The summed E-state index contributed by atoms with van der Waals surface area (Å²) in [7, 11) is 0. The predicted molar refractivity (Wildman–Crippen MR) is 97.8 cm³/mol. The fourth-order valence-corrected chi connectivity index (χ4v) is 4.09. The summed E-state index contributed by atoms with van der Waals surface area (Å²) >= 11 is 7.57. The van der Waals surface area contributed by atoms with Gasteiger partial charge in [0.15, 0.2) is 5.17 Å². The highest BCUT2D eigenvalue weighted by molar-refractivity contribution is 8.14. The molecule has 120 valence electrons. The van der Waals surface area contributed by atoms with Crippen LogP contribution in [-0.2, 0) is 11.2 Å². The summed E-state index contributed by atoms with van der Waals surface area (Å²) in [5, 5.41) is 10.6. The van der Waals surface area contributed by atoms with E-state index in [1.54, 1.807) is 11.8 Å². The summed E-state index contributed by atoms with van der Waals surface area (Å²) < 4.78 is 0. The number of anilines is 1. The number of aliphatic imine (C=N–C) groups is 1. The Labute approximate surface area is 148 Å². The number of hydrogen-bond donors (Lipinski definition) is 1.